The van der Waals surface area contributed by atoms with Crippen LogP contribution < -0.4 is 0 Å². The molecule has 4 atom stereocenters. The van der Waals surface area contributed by atoms with Crippen molar-refractivity contribution in [3.63, 3.8) is 0 Å². The van der Waals surface area contributed by atoms with Crippen molar-refractivity contribution < 1.29 is 55.0 Å². The van der Waals surface area contributed by atoms with Crippen molar-refractivity contribution in [1.29, 1.82) is 0 Å². The summed E-state index contributed by atoms with van der Waals surface area (Å²) >= 11 is 0. The van der Waals surface area contributed by atoms with Crippen molar-refractivity contribution in [2.45, 2.75) is 290 Å². The van der Waals surface area contributed by atoms with Crippen LogP contribution in [0.2, 0.25) is 72.5 Å². The van der Waals surface area contributed by atoms with E-state index in [1.54, 1.807) is 50.6 Å². The number of hydrogen-bond acceptors (Lipinski definition) is 8. The number of rotatable bonds is 22. The Labute approximate surface area is 691 Å². The standard InChI is InChI=1S/2C25H37FO2Si.2C24H35FO2Si/c2*1-24(2,3)23(27-7)21-16-18(17-28-29(8,9)25(4,5)6)14-15-19(21)20-12-10-11-13-22(20)26;2*1-23(2,3)22(26)20-15-17(16-27-28(7,8)24(4,5)6)13-14-18(20)19-11-9-10-12-21(19)25/h2*10-16,23H,17H2,1-9H3;2*9-15,22,26H,16H2,1-8H3/t2*23-;2*22-/m1010/s1. The molecule has 0 saturated carbocycles. The van der Waals surface area contributed by atoms with Gasteiger partial charge in [-0.25, -0.2) is 17.6 Å². The molecule has 628 valence electrons. The van der Waals surface area contributed by atoms with E-state index in [1.807, 2.05) is 139 Å². The molecule has 0 aliphatic heterocycles. The summed E-state index contributed by atoms with van der Waals surface area (Å²) in [4.78, 5) is 0. The van der Waals surface area contributed by atoms with Crippen molar-refractivity contribution in [1.82, 2.24) is 0 Å². The Hall–Kier alpha value is -5.97. The SMILES string of the molecule is CC(C)(C)[C@@H](O)c1cc(CO[Si](C)(C)C(C)(C)C)ccc1-c1ccccc1F.CC(C)(C)[C@H](O)c1cc(CO[Si](C)(C)C(C)(C)C)ccc1-c1ccccc1F.CO[C@@H](c1cc(CO[Si](C)(C)C(C)(C)C)ccc1-c1ccccc1F)C(C)(C)C.CO[C@H](c1cc(CO[Si](C)(C)C(C)(C)C)ccc1-c1ccccc1F)C(C)(C)C. The second-order valence-electron chi connectivity index (χ2n) is 41.3. The molecule has 0 saturated heterocycles. The third-order valence-electron chi connectivity index (χ3n) is 23.6. The van der Waals surface area contributed by atoms with Crippen LogP contribution in [0.15, 0.2) is 170 Å². The van der Waals surface area contributed by atoms with Crippen LogP contribution in [-0.2, 0) is 53.6 Å². The molecule has 0 radical (unpaired) electrons. The molecule has 16 heteroatoms. The highest BCUT2D eigenvalue weighted by Gasteiger charge is 2.42. The third-order valence-corrected chi connectivity index (χ3v) is 41.5. The lowest BCUT2D eigenvalue weighted by Crippen LogP contribution is -2.40. The fourth-order valence-corrected chi connectivity index (χ4v) is 16.0. The molecule has 0 unspecified atom stereocenters. The number of hydrogen-bond donors (Lipinski definition) is 2. The topological polar surface area (TPSA) is 95.8 Å². The van der Waals surface area contributed by atoms with Gasteiger partial charge in [0, 0.05) is 36.5 Å². The van der Waals surface area contributed by atoms with E-state index in [-0.39, 0.29) is 77.3 Å². The van der Waals surface area contributed by atoms with Crippen LogP contribution >= 0.6 is 0 Å². The number of benzene rings is 8. The summed E-state index contributed by atoms with van der Waals surface area (Å²) in [5.41, 5.74) is 12.1. The summed E-state index contributed by atoms with van der Waals surface area (Å²) in [6.45, 7) is 71.6. The minimum absolute atomic E-state index is 0.131. The van der Waals surface area contributed by atoms with Crippen LogP contribution in [0.5, 0.6) is 0 Å². The van der Waals surface area contributed by atoms with Gasteiger partial charge in [0.2, 0.25) is 0 Å². The maximum Gasteiger partial charge on any atom is 0.192 e. The lowest BCUT2D eigenvalue weighted by Gasteiger charge is -2.36. The van der Waals surface area contributed by atoms with Crippen molar-refractivity contribution in [3.8, 4) is 44.5 Å². The van der Waals surface area contributed by atoms with Gasteiger partial charge in [0.05, 0.1) is 50.8 Å². The smallest absolute Gasteiger partial charge is 0.192 e. The molecule has 0 fully saturated rings. The quantitative estimate of drug-likeness (QED) is 0.0512. The third kappa shape index (κ3) is 26.5. The summed E-state index contributed by atoms with van der Waals surface area (Å²) in [6.07, 6.45) is -1.75. The van der Waals surface area contributed by atoms with E-state index in [0.29, 0.717) is 48.7 Å². The second kappa shape index (κ2) is 38.8. The Morgan fingerprint density at radius 2 is 0.447 bits per heavy atom. The predicted molar refractivity (Wildman–Crippen MR) is 483 cm³/mol. The zero-order valence-electron chi connectivity index (χ0n) is 76.2. The maximum atomic E-state index is 14.6. The maximum absolute atomic E-state index is 14.6. The fraction of sp³-hybridized carbons (Fsp3) is 0.510. The van der Waals surface area contributed by atoms with Gasteiger partial charge in [-0.2, -0.15) is 0 Å². The Bertz CT molecular complexity index is 4140. The van der Waals surface area contributed by atoms with Crippen LogP contribution in [0.1, 0.15) is 235 Å². The molecule has 0 bridgehead atoms. The van der Waals surface area contributed by atoms with Crippen LogP contribution in [0.25, 0.3) is 44.5 Å². The molecular weight excluding hydrogens is 1490 g/mol. The van der Waals surface area contributed by atoms with Gasteiger partial charge < -0.3 is 37.4 Å². The molecule has 0 aromatic heterocycles. The lowest BCUT2D eigenvalue weighted by molar-refractivity contribution is 0.0155. The minimum Gasteiger partial charge on any atom is -0.413 e. The van der Waals surface area contributed by atoms with Crippen LogP contribution in [0.4, 0.5) is 17.6 Å². The summed E-state index contributed by atoms with van der Waals surface area (Å²) in [5, 5.41) is 22.6. The summed E-state index contributed by atoms with van der Waals surface area (Å²) in [5.74, 6) is -1.00. The summed E-state index contributed by atoms with van der Waals surface area (Å²) in [6, 6.07) is 51.4. The number of halogens is 4. The number of methoxy groups -OCH3 is 2. The molecule has 0 aliphatic rings. The second-order valence-corrected chi connectivity index (χ2v) is 60.5. The van der Waals surface area contributed by atoms with E-state index in [0.717, 1.165) is 66.8 Å². The minimum atomic E-state index is -1.88. The van der Waals surface area contributed by atoms with E-state index < -0.39 is 45.5 Å². The van der Waals surface area contributed by atoms with E-state index >= 15 is 0 Å². The van der Waals surface area contributed by atoms with Crippen molar-refractivity contribution in [3.05, 3.63) is 238 Å². The fourth-order valence-electron chi connectivity index (χ4n) is 12.1. The van der Waals surface area contributed by atoms with Gasteiger partial charge in [-0.05, 0) is 185 Å². The first-order chi connectivity index (χ1) is 52.0. The van der Waals surface area contributed by atoms with Crippen LogP contribution in [0.3, 0.4) is 0 Å². The lowest BCUT2D eigenvalue weighted by atomic mass is 9.81. The van der Waals surface area contributed by atoms with Gasteiger partial charge in [0.1, 0.15) is 23.3 Å². The van der Waals surface area contributed by atoms with Gasteiger partial charge in [-0.15, -0.1) is 0 Å². The molecular formula is C98H144F4O8Si4. The Morgan fingerprint density at radius 1 is 0.263 bits per heavy atom. The Morgan fingerprint density at radius 3 is 0.614 bits per heavy atom. The first-order valence-corrected chi connectivity index (χ1v) is 52.1. The average molecular weight is 1640 g/mol. The van der Waals surface area contributed by atoms with Gasteiger partial charge in [-0.3, -0.25) is 0 Å². The molecule has 0 aliphatic carbocycles. The molecule has 8 aromatic carbocycles. The van der Waals surface area contributed by atoms with Gasteiger partial charge >= 0.3 is 0 Å². The van der Waals surface area contributed by atoms with Crippen LogP contribution in [0, 0.1) is 44.9 Å². The van der Waals surface area contributed by atoms with Crippen molar-refractivity contribution in [2.24, 2.45) is 21.7 Å². The number of ether oxygens (including phenoxy) is 2. The molecule has 8 nitrogen and oxygen atoms in total. The molecule has 0 heterocycles. The first-order valence-electron chi connectivity index (χ1n) is 40.5. The highest BCUT2D eigenvalue weighted by Crippen LogP contribution is 2.48. The van der Waals surface area contributed by atoms with Crippen molar-refractivity contribution in [2.75, 3.05) is 14.2 Å². The molecule has 0 spiro atoms. The van der Waals surface area contributed by atoms with Gasteiger partial charge in [0.15, 0.2) is 33.3 Å². The van der Waals surface area contributed by atoms with Gasteiger partial charge in [-0.1, -0.05) is 312 Å². The monoisotopic (exact) mass is 1640 g/mol. The average Bonchev–Trinajstić information content (AvgIpc) is 0.796. The Kier molecular flexibility index (Phi) is 33.6. The summed E-state index contributed by atoms with van der Waals surface area (Å²) < 4.78 is 95.5. The van der Waals surface area contributed by atoms with E-state index in [4.69, 9.17) is 27.2 Å². The number of aliphatic hydroxyl groups is 2. The normalized spacial score (nSPS) is 14.2. The molecule has 8 aromatic rings. The Balaban J connectivity index is 0.000000271. The zero-order chi connectivity index (χ0) is 86.7. The largest absolute Gasteiger partial charge is 0.413 e. The molecule has 2 N–H and O–H groups in total. The predicted octanol–water partition coefficient (Wildman–Crippen LogP) is 29.7. The van der Waals surface area contributed by atoms with E-state index in [1.165, 1.54) is 24.3 Å². The number of aliphatic hydroxyl groups excluding tert-OH is 2. The molecule has 8 rings (SSSR count). The zero-order valence-corrected chi connectivity index (χ0v) is 80.2. The highest BCUT2D eigenvalue weighted by molar-refractivity contribution is 6.75. The first kappa shape index (κ1) is 98.6. The highest BCUT2D eigenvalue weighted by atomic mass is 28.4. The molecule has 0 amide bonds. The van der Waals surface area contributed by atoms with Gasteiger partial charge in [0.25, 0.3) is 0 Å². The van der Waals surface area contributed by atoms with Crippen LogP contribution in [-0.4, -0.2) is 57.7 Å². The summed E-state index contributed by atoms with van der Waals surface area (Å²) in [7, 11) is -4.02. The van der Waals surface area contributed by atoms with E-state index in [2.05, 4.69) is 189 Å². The van der Waals surface area contributed by atoms with Crippen molar-refractivity contribution >= 4 is 33.3 Å². The van der Waals surface area contributed by atoms with E-state index in [9.17, 15) is 27.8 Å². The molecule has 114 heavy (non-hydrogen) atoms.